The molecular weight excluding hydrogens is 228 g/mol. The van der Waals surface area contributed by atoms with Crippen LogP contribution in [0, 0.1) is 0 Å². The van der Waals surface area contributed by atoms with E-state index < -0.39 is 11.9 Å². The fraction of sp³-hybridized carbons (Fsp3) is 0.500. The zero-order valence-corrected chi connectivity index (χ0v) is 9.79. The van der Waals surface area contributed by atoms with E-state index in [-0.39, 0.29) is 52.1 Å². The molecule has 0 heterocycles. The normalized spacial score (nSPS) is 5.00. The SMILES string of the molecule is CC(=O)O.CC(=O)O.[H-].[H-].[Mg+2].[Zr]. The molecule has 0 aromatic rings. The van der Waals surface area contributed by atoms with Crippen LogP contribution in [0.3, 0.4) is 0 Å². The van der Waals surface area contributed by atoms with Crippen LogP contribution in [0.5, 0.6) is 0 Å². The van der Waals surface area contributed by atoms with Crippen molar-refractivity contribution in [3.63, 3.8) is 0 Å². The van der Waals surface area contributed by atoms with Gasteiger partial charge in [-0.15, -0.1) is 0 Å². The molecule has 0 amide bonds. The van der Waals surface area contributed by atoms with Crippen molar-refractivity contribution in [1.29, 1.82) is 0 Å². The van der Waals surface area contributed by atoms with Crippen LogP contribution in [0.1, 0.15) is 16.7 Å². The van der Waals surface area contributed by atoms with Crippen molar-refractivity contribution in [2.75, 3.05) is 0 Å². The molecule has 0 atom stereocenters. The van der Waals surface area contributed by atoms with Crippen LogP contribution in [0.2, 0.25) is 0 Å². The molecule has 0 spiro atoms. The Balaban J connectivity index is -0.0000000112. The first-order chi connectivity index (χ1) is 3.46. The third kappa shape index (κ3) is 1420. The maximum absolute atomic E-state index is 9.00. The average Bonchev–Trinajstić information content (AvgIpc) is 1.25. The number of carboxylic acids is 2. The van der Waals surface area contributed by atoms with Gasteiger partial charge in [0.25, 0.3) is 11.9 Å². The zero-order valence-electron chi connectivity index (χ0n) is 7.92. The Morgan fingerprint density at radius 1 is 1.10 bits per heavy atom. The molecule has 0 bridgehead atoms. The third-order valence-corrected chi connectivity index (χ3v) is 0. The summed E-state index contributed by atoms with van der Waals surface area (Å²) in [4.78, 5) is 18.0. The minimum atomic E-state index is -0.833. The largest absolute Gasteiger partial charge is 2.00 e. The first-order valence-corrected chi connectivity index (χ1v) is 1.86. The van der Waals surface area contributed by atoms with E-state index in [2.05, 4.69) is 0 Å². The summed E-state index contributed by atoms with van der Waals surface area (Å²) in [5, 5.41) is 14.8. The van der Waals surface area contributed by atoms with Crippen LogP contribution in [-0.4, -0.2) is 45.2 Å². The standard InChI is InChI=1S/2C2H4O2.Mg.Zr.2H/c2*1-2(3)4;;;;/h2*1H3,(H,3,4);;;;/q;;+2;;2*-1. The molecule has 0 aliphatic carbocycles. The minimum absolute atomic E-state index is 0. The molecule has 0 fully saturated rings. The van der Waals surface area contributed by atoms with Gasteiger partial charge in [0, 0.05) is 40.1 Å². The molecule has 0 aliphatic heterocycles. The maximum Gasteiger partial charge on any atom is 2.00 e. The Labute approximate surface area is 97.2 Å². The van der Waals surface area contributed by atoms with Gasteiger partial charge in [0.05, 0.1) is 0 Å². The molecule has 0 unspecified atom stereocenters. The van der Waals surface area contributed by atoms with Crippen LogP contribution in [0.25, 0.3) is 0 Å². The fourth-order valence-corrected chi connectivity index (χ4v) is 0. The first kappa shape index (κ1) is 22.4. The summed E-state index contributed by atoms with van der Waals surface area (Å²) < 4.78 is 0. The smallest absolute Gasteiger partial charge is 1.00 e. The number of hydrogen-bond acceptors (Lipinski definition) is 2. The summed E-state index contributed by atoms with van der Waals surface area (Å²) in [6, 6.07) is 0. The molecule has 10 heavy (non-hydrogen) atoms. The maximum atomic E-state index is 9.00. The molecular formula is C4H10MgO4Zr. The van der Waals surface area contributed by atoms with Crippen molar-refractivity contribution >= 4 is 35.0 Å². The van der Waals surface area contributed by atoms with Crippen molar-refractivity contribution in [1.82, 2.24) is 0 Å². The van der Waals surface area contributed by atoms with E-state index in [0.29, 0.717) is 0 Å². The fourth-order valence-electron chi connectivity index (χ4n) is 0. The Kier molecular flexibility index (Phi) is 36.5. The number of hydrogen-bond donors (Lipinski definition) is 2. The van der Waals surface area contributed by atoms with Crippen LogP contribution < -0.4 is 0 Å². The van der Waals surface area contributed by atoms with Crippen LogP contribution in [0.15, 0.2) is 0 Å². The number of rotatable bonds is 0. The Morgan fingerprint density at radius 3 is 1.10 bits per heavy atom. The molecule has 4 nitrogen and oxygen atoms in total. The summed E-state index contributed by atoms with van der Waals surface area (Å²) in [7, 11) is 0. The van der Waals surface area contributed by atoms with E-state index >= 15 is 0 Å². The topological polar surface area (TPSA) is 74.6 Å². The third-order valence-electron chi connectivity index (χ3n) is 0. The summed E-state index contributed by atoms with van der Waals surface area (Å²) in [5.41, 5.74) is 0. The number of carbonyl (C=O) groups is 2. The molecule has 0 aromatic carbocycles. The van der Waals surface area contributed by atoms with Crippen molar-refractivity contribution in [3.8, 4) is 0 Å². The second-order valence-electron chi connectivity index (χ2n) is 1.04. The van der Waals surface area contributed by atoms with Gasteiger partial charge < -0.3 is 13.1 Å². The van der Waals surface area contributed by atoms with Gasteiger partial charge in [0.1, 0.15) is 0 Å². The van der Waals surface area contributed by atoms with Gasteiger partial charge in [-0.05, 0) is 0 Å². The van der Waals surface area contributed by atoms with Crippen molar-refractivity contribution < 1.29 is 48.9 Å². The summed E-state index contributed by atoms with van der Waals surface area (Å²) in [6.07, 6.45) is 0. The van der Waals surface area contributed by atoms with E-state index in [9.17, 15) is 0 Å². The second kappa shape index (κ2) is 16.3. The van der Waals surface area contributed by atoms with Gasteiger partial charge in [0.15, 0.2) is 0 Å². The quantitative estimate of drug-likeness (QED) is 0.583. The van der Waals surface area contributed by atoms with Crippen LogP contribution >= 0.6 is 0 Å². The van der Waals surface area contributed by atoms with Gasteiger partial charge >= 0.3 is 23.1 Å². The zero-order chi connectivity index (χ0) is 7.15. The molecule has 0 saturated heterocycles. The second-order valence-corrected chi connectivity index (χ2v) is 1.04. The van der Waals surface area contributed by atoms with Crippen molar-refractivity contribution in [3.05, 3.63) is 0 Å². The van der Waals surface area contributed by atoms with Crippen LogP contribution in [-0.2, 0) is 35.8 Å². The molecule has 0 saturated carbocycles. The monoisotopic (exact) mass is 236 g/mol. The van der Waals surface area contributed by atoms with E-state index in [1.807, 2.05) is 0 Å². The van der Waals surface area contributed by atoms with E-state index in [1.165, 1.54) is 0 Å². The molecule has 56 valence electrons. The number of aliphatic carboxylic acids is 2. The van der Waals surface area contributed by atoms with E-state index in [4.69, 9.17) is 19.8 Å². The molecule has 0 aliphatic rings. The molecule has 6 heteroatoms. The summed E-state index contributed by atoms with van der Waals surface area (Å²) >= 11 is 0. The first-order valence-electron chi connectivity index (χ1n) is 1.86. The molecule has 0 radical (unpaired) electrons. The Hall–Kier alpha value is 0.589. The van der Waals surface area contributed by atoms with Crippen molar-refractivity contribution in [2.45, 2.75) is 13.8 Å². The predicted molar refractivity (Wildman–Crippen MR) is 34.6 cm³/mol. The van der Waals surface area contributed by atoms with Gasteiger partial charge in [-0.3, -0.25) is 9.59 Å². The van der Waals surface area contributed by atoms with Gasteiger partial charge in [-0.1, -0.05) is 0 Å². The van der Waals surface area contributed by atoms with Crippen LogP contribution in [0.4, 0.5) is 0 Å². The Bertz CT molecular complexity index is 83.1. The minimum Gasteiger partial charge on any atom is -1.00 e. The summed E-state index contributed by atoms with van der Waals surface area (Å²) in [6.45, 7) is 2.17. The van der Waals surface area contributed by atoms with Gasteiger partial charge in [-0.25, -0.2) is 0 Å². The number of carboxylic acid groups (broad SMARTS) is 2. The van der Waals surface area contributed by atoms with Gasteiger partial charge in [0.2, 0.25) is 0 Å². The molecule has 2 N–H and O–H groups in total. The van der Waals surface area contributed by atoms with Gasteiger partial charge in [-0.2, -0.15) is 0 Å². The van der Waals surface area contributed by atoms with E-state index in [1.54, 1.807) is 0 Å². The Morgan fingerprint density at radius 2 is 1.10 bits per heavy atom. The molecule has 0 aromatic heterocycles. The average molecular weight is 238 g/mol. The van der Waals surface area contributed by atoms with E-state index in [0.717, 1.165) is 13.8 Å². The predicted octanol–water partition coefficient (Wildman–Crippen LogP) is 0.0235. The van der Waals surface area contributed by atoms with Crippen molar-refractivity contribution in [2.24, 2.45) is 0 Å². The molecule has 0 rings (SSSR count). The summed E-state index contributed by atoms with van der Waals surface area (Å²) in [5.74, 6) is -1.67.